The Kier molecular flexibility index (Phi) is 2.66. The molecule has 2 fully saturated rings. The smallest absolute Gasteiger partial charge is 0.0194 e. The minimum Gasteiger partial charge on any atom is -0.310 e. The highest BCUT2D eigenvalue weighted by Gasteiger charge is 2.32. The molecule has 0 spiro atoms. The van der Waals surface area contributed by atoms with Gasteiger partial charge in [-0.15, -0.1) is 0 Å². The molecule has 0 aromatic rings. The maximum atomic E-state index is 3.77. The van der Waals surface area contributed by atoms with Crippen LogP contribution in [-0.2, 0) is 0 Å². The third kappa shape index (κ3) is 1.97. The second kappa shape index (κ2) is 3.59. The van der Waals surface area contributed by atoms with Gasteiger partial charge in [-0.25, -0.2) is 0 Å². The highest BCUT2D eigenvalue weighted by Crippen LogP contribution is 2.34. The Labute approximate surface area is 79.7 Å². The highest BCUT2D eigenvalue weighted by atomic mass is 32.2. The van der Waals surface area contributed by atoms with E-state index in [0.717, 1.165) is 23.3 Å². The molecule has 3 unspecified atom stereocenters. The monoisotopic (exact) mass is 185 g/mol. The number of thioether (sulfide) groups is 1. The molecule has 1 aliphatic heterocycles. The van der Waals surface area contributed by atoms with Gasteiger partial charge in [-0.2, -0.15) is 11.8 Å². The van der Waals surface area contributed by atoms with Crippen molar-refractivity contribution >= 4 is 11.8 Å². The summed E-state index contributed by atoms with van der Waals surface area (Å²) in [5.41, 5.74) is 0. The quantitative estimate of drug-likeness (QED) is 0.724. The van der Waals surface area contributed by atoms with E-state index in [0.29, 0.717) is 0 Å². The average Bonchev–Trinajstić information content (AvgIpc) is 2.80. The molecule has 1 nitrogen and oxygen atoms in total. The summed E-state index contributed by atoms with van der Waals surface area (Å²) in [7, 11) is 0. The molecule has 0 aromatic carbocycles. The lowest BCUT2D eigenvalue weighted by atomic mass is 10.1. The summed E-state index contributed by atoms with van der Waals surface area (Å²) in [5.74, 6) is 2.36. The molecular weight excluding hydrogens is 166 g/mol. The van der Waals surface area contributed by atoms with Crippen molar-refractivity contribution in [3.8, 4) is 0 Å². The molecule has 1 heterocycles. The van der Waals surface area contributed by atoms with Crippen molar-refractivity contribution in [3.63, 3.8) is 0 Å². The molecule has 70 valence electrons. The maximum absolute atomic E-state index is 3.77. The Morgan fingerprint density at radius 3 is 2.58 bits per heavy atom. The van der Waals surface area contributed by atoms with Crippen LogP contribution in [0.1, 0.15) is 33.1 Å². The second-order valence-electron chi connectivity index (χ2n) is 4.26. The largest absolute Gasteiger partial charge is 0.310 e. The fourth-order valence-electron chi connectivity index (χ4n) is 2.02. The third-order valence-electron chi connectivity index (χ3n) is 3.18. The van der Waals surface area contributed by atoms with E-state index in [1.54, 1.807) is 0 Å². The van der Waals surface area contributed by atoms with Crippen molar-refractivity contribution in [1.29, 1.82) is 0 Å². The molecule has 2 rings (SSSR count). The number of rotatable bonds is 3. The zero-order valence-electron chi connectivity index (χ0n) is 8.05. The van der Waals surface area contributed by atoms with E-state index in [1.807, 2.05) is 0 Å². The first kappa shape index (κ1) is 8.89. The summed E-state index contributed by atoms with van der Waals surface area (Å²) in [6.07, 6.45) is 4.30. The van der Waals surface area contributed by atoms with E-state index < -0.39 is 0 Å². The molecule has 12 heavy (non-hydrogen) atoms. The second-order valence-corrected chi connectivity index (χ2v) is 5.75. The predicted octanol–water partition coefficient (Wildman–Crippen LogP) is 2.27. The molecule has 2 heteroatoms. The molecule has 0 radical (unpaired) electrons. The summed E-state index contributed by atoms with van der Waals surface area (Å²) in [6, 6.07) is 1.57. The molecule has 2 aliphatic rings. The van der Waals surface area contributed by atoms with E-state index in [2.05, 4.69) is 30.9 Å². The van der Waals surface area contributed by atoms with Gasteiger partial charge in [0.15, 0.2) is 0 Å². The van der Waals surface area contributed by atoms with E-state index in [9.17, 15) is 0 Å². The van der Waals surface area contributed by atoms with Crippen molar-refractivity contribution in [1.82, 2.24) is 5.32 Å². The van der Waals surface area contributed by atoms with Gasteiger partial charge in [-0.1, -0.05) is 6.92 Å². The van der Waals surface area contributed by atoms with Crippen LogP contribution in [0.25, 0.3) is 0 Å². The molecule has 0 bridgehead atoms. The molecule has 0 aromatic heterocycles. The normalized spacial score (nSPS) is 38.5. The Bertz CT molecular complexity index is 156. The van der Waals surface area contributed by atoms with Crippen molar-refractivity contribution < 1.29 is 0 Å². The summed E-state index contributed by atoms with van der Waals surface area (Å²) in [4.78, 5) is 0. The molecule has 3 atom stereocenters. The lowest BCUT2D eigenvalue weighted by molar-refractivity contribution is 0.414. The van der Waals surface area contributed by atoms with Crippen molar-refractivity contribution in [2.75, 3.05) is 5.75 Å². The Hall–Kier alpha value is 0.310. The van der Waals surface area contributed by atoms with Crippen molar-refractivity contribution in [2.45, 2.75) is 50.4 Å². The third-order valence-corrected chi connectivity index (χ3v) is 4.51. The lowest BCUT2D eigenvalue weighted by Crippen LogP contribution is -2.40. The van der Waals surface area contributed by atoms with Crippen LogP contribution in [0.15, 0.2) is 0 Å². The minimum absolute atomic E-state index is 0.774. The zero-order valence-corrected chi connectivity index (χ0v) is 8.86. The topological polar surface area (TPSA) is 12.0 Å². The van der Waals surface area contributed by atoms with Crippen LogP contribution >= 0.6 is 11.8 Å². The number of hydrogen-bond donors (Lipinski definition) is 1. The zero-order chi connectivity index (χ0) is 8.55. The summed E-state index contributed by atoms with van der Waals surface area (Å²) in [6.45, 7) is 4.71. The Balaban J connectivity index is 1.76. The molecule has 1 saturated carbocycles. The maximum Gasteiger partial charge on any atom is 0.0194 e. The summed E-state index contributed by atoms with van der Waals surface area (Å²) in [5, 5.41) is 4.61. The van der Waals surface area contributed by atoms with Gasteiger partial charge in [0, 0.05) is 17.3 Å². The van der Waals surface area contributed by atoms with Gasteiger partial charge in [0.1, 0.15) is 0 Å². The van der Waals surface area contributed by atoms with Gasteiger partial charge < -0.3 is 5.32 Å². The fourth-order valence-corrected chi connectivity index (χ4v) is 3.23. The van der Waals surface area contributed by atoms with Gasteiger partial charge in [-0.05, 0) is 37.9 Å². The SMILES string of the molecule is CC(NC1CCSC1C)C1CC1. The number of hydrogen-bond acceptors (Lipinski definition) is 2. The van der Waals surface area contributed by atoms with Crippen LogP contribution in [0.4, 0.5) is 0 Å². The lowest BCUT2D eigenvalue weighted by Gasteiger charge is -2.21. The molecule has 1 N–H and O–H groups in total. The van der Waals surface area contributed by atoms with Gasteiger partial charge in [0.2, 0.25) is 0 Å². The summed E-state index contributed by atoms with van der Waals surface area (Å²) < 4.78 is 0. The van der Waals surface area contributed by atoms with Crippen LogP contribution in [-0.4, -0.2) is 23.1 Å². The van der Waals surface area contributed by atoms with Crippen molar-refractivity contribution in [2.24, 2.45) is 5.92 Å². The van der Waals surface area contributed by atoms with Crippen LogP contribution < -0.4 is 5.32 Å². The molecule has 0 amide bonds. The first-order valence-corrected chi connectivity index (χ1v) is 6.20. The van der Waals surface area contributed by atoms with E-state index >= 15 is 0 Å². The van der Waals surface area contributed by atoms with Gasteiger partial charge >= 0.3 is 0 Å². The van der Waals surface area contributed by atoms with Crippen molar-refractivity contribution in [3.05, 3.63) is 0 Å². The minimum atomic E-state index is 0.774. The first-order chi connectivity index (χ1) is 5.77. The Morgan fingerprint density at radius 1 is 1.33 bits per heavy atom. The van der Waals surface area contributed by atoms with Gasteiger partial charge in [0.05, 0.1) is 0 Å². The van der Waals surface area contributed by atoms with Gasteiger partial charge in [0.25, 0.3) is 0 Å². The van der Waals surface area contributed by atoms with Crippen LogP contribution in [0.2, 0.25) is 0 Å². The molecule has 1 aliphatic carbocycles. The first-order valence-electron chi connectivity index (χ1n) is 5.15. The molecule has 1 saturated heterocycles. The van der Waals surface area contributed by atoms with Gasteiger partial charge in [-0.3, -0.25) is 0 Å². The average molecular weight is 185 g/mol. The molecular formula is C10H19NS. The number of nitrogens with one attached hydrogen (secondary N) is 1. The van der Waals surface area contributed by atoms with Crippen LogP contribution in [0, 0.1) is 5.92 Å². The standard InChI is InChI=1S/C10H19NS/c1-7(9-3-4-9)11-10-5-6-12-8(10)2/h7-11H,3-6H2,1-2H3. The van der Waals surface area contributed by atoms with Crippen LogP contribution in [0.3, 0.4) is 0 Å². The summed E-state index contributed by atoms with van der Waals surface area (Å²) >= 11 is 2.12. The fraction of sp³-hybridized carbons (Fsp3) is 1.00. The predicted molar refractivity (Wildman–Crippen MR) is 55.6 cm³/mol. The van der Waals surface area contributed by atoms with E-state index in [4.69, 9.17) is 0 Å². The van der Waals surface area contributed by atoms with Crippen LogP contribution in [0.5, 0.6) is 0 Å². The highest BCUT2D eigenvalue weighted by molar-refractivity contribution is 8.00. The van der Waals surface area contributed by atoms with E-state index in [1.165, 1.54) is 25.0 Å². The Morgan fingerprint density at radius 2 is 2.08 bits per heavy atom. The van der Waals surface area contributed by atoms with E-state index in [-0.39, 0.29) is 0 Å².